The molecule has 3 aliphatic rings. The molecule has 0 unspecified atom stereocenters. The van der Waals surface area contributed by atoms with Crippen LogP contribution in [0, 0.1) is 0 Å². The topological polar surface area (TPSA) is 278 Å². The van der Waals surface area contributed by atoms with Crippen LogP contribution in [0.1, 0.15) is 6.92 Å². The van der Waals surface area contributed by atoms with Crippen molar-refractivity contribution in [2.24, 2.45) is 0 Å². The third-order valence-corrected chi connectivity index (χ3v) is 6.50. The van der Waals surface area contributed by atoms with Crippen LogP contribution in [0.5, 0.6) is 0 Å². The molecule has 15 atom stereocenters. The number of amides is 1. The van der Waals surface area contributed by atoms with E-state index in [9.17, 15) is 55.9 Å². The number of carbonyl (C=O) groups is 1. The first-order chi connectivity index (χ1) is 17.4. The van der Waals surface area contributed by atoms with Crippen molar-refractivity contribution < 1.29 is 79.5 Å². The summed E-state index contributed by atoms with van der Waals surface area (Å²) in [6.07, 6.45) is -23.5. The van der Waals surface area contributed by atoms with Gasteiger partial charge in [0.2, 0.25) is 5.91 Å². The quantitative estimate of drug-likeness (QED) is 0.135. The van der Waals surface area contributed by atoms with Crippen molar-refractivity contribution in [2.75, 3.05) is 19.8 Å². The average Bonchev–Trinajstić information content (AvgIpc) is 2.86. The van der Waals surface area contributed by atoms with Crippen LogP contribution >= 0.6 is 0 Å². The summed E-state index contributed by atoms with van der Waals surface area (Å²) in [6, 6.07) is -1.41. The number of rotatable bonds is 8. The highest BCUT2D eigenvalue weighted by Gasteiger charge is 2.53. The minimum Gasteiger partial charge on any atom is -0.394 e. The fraction of sp³-hybridized carbons (Fsp3) is 0.950. The first kappa shape index (κ1) is 30.4. The van der Waals surface area contributed by atoms with Crippen LogP contribution < -0.4 is 5.32 Å². The van der Waals surface area contributed by atoms with Gasteiger partial charge in [-0.25, -0.2) is 0 Å². The molecular formula is C20H35NO16. The van der Waals surface area contributed by atoms with Gasteiger partial charge in [0.15, 0.2) is 18.9 Å². The summed E-state index contributed by atoms with van der Waals surface area (Å²) in [7, 11) is 0. The molecule has 37 heavy (non-hydrogen) atoms. The second kappa shape index (κ2) is 12.8. The molecule has 3 saturated heterocycles. The van der Waals surface area contributed by atoms with Crippen molar-refractivity contribution in [1.29, 1.82) is 0 Å². The van der Waals surface area contributed by atoms with E-state index >= 15 is 0 Å². The maximum Gasteiger partial charge on any atom is 0.217 e. The third kappa shape index (κ3) is 6.38. The zero-order valence-corrected chi connectivity index (χ0v) is 19.7. The van der Waals surface area contributed by atoms with Crippen molar-refractivity contribution >= 4 is 5.91 Å². The normalized spacial score (nSPS) is 49.0. The van der Waals surface area contributed by atoms with Gasteiger partial charge in [-0.1, -0.05) is 0 Å². The lowest BCUT2D eigenvalue weighted by atomic mass is 9.95. The van der Waals surface area contributed by atoms with Crippen molar-refractivity contribution in [1.82, 2.24) is 5.32 Å². The van der Waals surface area contributed by atoms with Crippen LogP contribution in [-0.4, -0.2) is 169 Å². The minimum absolute atomic E-state index is 0.645. The van der Waals surface area contributed by atoms with E-state index in [1.165, 1.54) is 0 Å². The van der Waals surface area contributed by atoms with E-state index in [-0.39, 0.29) is 0 Å². The summed E-state index contributed by atoms with van der Waals surface area (Å²) in [4.78, 5) is 11.6. The largest absolute Gasteiger partial charge is 0.394 e. The highest BCUT2D eigenvalue weighted by Crippen LogP contribution is 2.32. The Balaban J connectivity index is 1.83. The molecule has 0 aliphatic carbocycles. The Bertz CT molecular complexity index is 745. The van der Waals surface area contributed by atoms with E-state index < -0.39 is 118 Å². The fourth-order valence-electron chi connectivity index (χ4n) is 4.45. The average molecular weight is 545 g/mol. The predicted octanol–water partition coefficient (Wildman–Crippen LogP) is -7.43. The van der Waals surface area contributed by atoms with Crippen molar-refractivity contribution in [3.63, 3.8) is 0 Å². The summed E-state index contributed by atoms with van der Waals surface area (Å²) in [5, 5.41) is 103. The maximum atomic E-state index is 11.6. The van der Waals surface area contributed by atoms with Crippen LogP contribution in [0.2, 0.25) is 0 Å². The molecule has 1 amide bonds. The molecule has 3 aliphatic heterocycles. The molecular weight excluding hydrogens is 510 g/mol. The smallest absolute Gasteiger partial charge is 0.217 e. The van der Waals surface area contributed by atoms with Gasteiger partial charge in [0.25, 0.3) is 0 Å². The SMILES string of the molecule is CC(=O)N[C@@H]1[C@@H](O[C@@H]2O[C@H](CO)[C@@H](O)[C@H](O[C@H]3O[C@H](CO)[C@@H](O)[C@H](O)[C@@H]3O)[C@@H]2O)[C@H](O)[C@@H](CO)O[C@@H]1O. The van der Waals surface area contributed by atoms with Gasteiger partial charge in [-0.05, 0) is 0 Å². The Hall–Kier alpha value is -1.13. The van der Waals surface area contributed by atoms with E-state index in [2.05, 4.69) is 5.32 Å². The maximum absolute atomic E-state index is 11.6. The Kier molecular flexibility index (Phi) is 10.5. The summed E-state index contributed by atoms with van der Waals surface area (Å²) < 4.78 is 26.9. The molecule has 0 saturated carbocycles. The zero-order chi connectivity index (χ0) is 27.6. The lowest BCUT2D eigenvalue weighted by Gasteiger charge is -2.48. The van der Waals surface area contributed by atoms with Gasteiger partial charge in [-0.3, -0.25) is 4.79 Å². The van der Waals surface area contributed by atoms with Crippen LogP contribution in [0.25, 0.3) is 0 Å². The van der Waals surface area contributed by atoms with E-state index in [0.717, 1.165) is 6.92 Å². The fourth-order valence-corrected chi connectivity index (χ4v) is 4.45. The van der Waals surface area contributed by atoms with Gasteiger partial charge in [0.1, 0.15) is 73.2 Å². The summed E-state index contributed by atoms with van der Waals surface area (Å²) >= 11 is 0. The van der Waals surface area contributed by atoms with Gasteiger partial charge in [-0.15, -0.1) is 0 Å². The van der Waals surface area contributed by atoms with E-state index in [1.807, 2.05) is 0 Å². The molecule has 216 valence electrons. The number of ether oxygens (including phenoxy) is 5. The summed E-state index contributed by atoms with van der Waals surface area (Å²) in [5.41, 5.74) is 0. The molecule has 0 spiro atoms. The molecule has 0 aromatic heterocycles. The summed E-state index contributed by atoms with van der Waals surface area (Å²) in [6.45, 7) is -1.23. The Morgan fingerprint density at radius 1 is 0.649 bits per heavy atom. The van der Waals surface area contributed by atoms with E-state index in [0.29, 0.717) is 0 Å². The standard InChI is InChI=1S/C20H35NO16/c1-5(25)21-9-16(11(27)7(3-23)33-18(9)32)36-20-15(31)17(12(28)8(4-24)35-20)37-19-14(30)13(29)10(26)6(2-22)34-19/h6-20,22-24,26-32H,2-4H2,1H3,(H,21,25)/t6-,7-,8-,9-,10-,11-,12-,13+,14+,15+,16-,17+,18+,19-,20+/m1/s1. The zero-order valence-electron chi connectivity index (χ0n) is 19.7. The Morgan fingerprint density at radius 2 is 1.11 bits per heavy atom. The highest BCUT2D eigenvalue weighted by molar-refractivity contribution is 5.73. The second-order valence-electron chi connectivity index (χ2n) is 9.07. The monoisotopic (exact) mass is 545 g/mol. The van der Waals surface area contributed by atoms with Crippen LogP contribution in [0.15, 0.2) is 0 Å². The van der Waals surface area contributed by atoms with Gasteiger partial charge in [0, 0.05) is 6.92 Å². The molecule has 0 bridgehead atoms. The first-order valence-corrected chi connectivity index (χ1v) is 11.6. The van der Waals surface area contributed by atoms with Gasteiger partial charge < -0.3 is 80.1 Å². The third-order valence-electron chi connectivity index (χ3n) is 6.50. The number of aliphatic hydroxyl groups is 10. The highest BCUT2D eigenvalue weighted by atomic mass is 16.7. The number of hydrogen-bond donors (Lipinski definition) is 11. The molecule has 0 radical (unpaired) electrons. The number of hydrogen-bond acceptors (Lipinski definition) is 16. The van der Waals surface area contributed by atoms with Crippen LogP contribution in [-0.2, 0) is 28.5 Å². The second-order valence-corrected chi connectivity index (χ2v) is 9.07. The lowest BCUT2D eigenvalue weighted by Crippen LogP contribution is -2.68. The van der Waals surface area contributed by atoms with Crippen molar-refractivity contribution in [3.8, 4) is 0 Å². The molecule has 17 nitrogen and oxygen atoms in total. The molecule has 11 N–H and O–H groups in total. The Morgan fingerprint density at radius 3 is 1.65 bits per heavy atom. The summed E-state index contributed by atoms with van der Waals surface area (Å²) in [5.74, 6) is -0.645. The molecule has 0 aromatic rings. The number of aliphatic hydroxyl groups excluding tert-OH is 10. The lowest BCUT2D eigenvalue weighted by molar-refractivity contribution is -0.373. The van der Waals surface area contributed by atoms with Crippen LogP contribution in [0.4, 0.5) is 0 Å². The van der Waals surface area contributed by atoms with Gasteiger partial charge in [0.05, 0.1) is 19.8 Å². The molecule has 3 heterocycles. The van der Waals surface area contributed by atoms with Gasteiger partial charge in [-0.2, -0.15) is 0 Å². The van der Waals surface area contributed by atoms with Gasteiger partial charge >= 0.3 is 0 Å². The molecule has 3 fully saturated rings. The van der Waals surface area contributed by atoms with E-state index in [1.54, 1.807) is 0 Å². The first-order valence-electron chi connectivity index (χ1n) is 11.6. The number of carbonyl (C=O) groups excluding carboxylic acids is 1. The van der Waals surface area contributed by atoms with Crippen LogP contribution in [0.3, 0.4) is 0 Å². The van der Waals surface area contributed by atoms with E-state index in [4.69, 9.17) is 23.7 Å². The minimum atomic E-state index is -1.93. The van der Waals surface area contributed by atoms with Crippen molar-refractivity contribution in [2.45, 2.75) is 99.0 Å². The molecule has 0 aromatic carbocycles. The predicted molar refractivity (Wildman–Crippen MR) is 113 cm³/mol. The molecule has 17 heteroatoms. The van der Waals surface area contributed by atoms with Crippen molar-refractivity contribution in [3.05, 3.63) is 0 Å². The number of nitrogens with one attached hydrogen (secondary N) is 1. The molecule has 3 rings (SSSR count). The Labute approximate surface area is 210 Å².